The molecule has 12 aromatic carbocycles. The van der Waals surface area contributed by atoms with Crippen LogP contribution in [0, 0.1) is 0 Å². The van der Waals surface area contributed by atoms with E-state index in [4.69, 9.17) is 0 Å². The molecule has 0 radical (unpaired) electrons. The summed E-state index contributed by atoms with van der Waals surface area (Å²) in [6.45, 7) is 3.17. The molecule has 0 unspecified atom stereocenters. The van der Waals surface area contributed by atoms with Crippen LogP contribution in [0.4, 0.5) is 11.4 Å². The average Bonchev–Trinajstić information content (AvgIpc) is 3.72. The van der Waals surface area contributed by atoms with E-state index in [1.807, 2.05) is 0 Å². The number of benzene rings is 12. The van der Waals surface area contributed by atoms with Crippen molar-refractivity contribution in [1.29, 1.82) is 0 Å². The summed E-state index contributed by atoms with van der Waals surface area (Å²) in [7, 11) is 0. The van der Waals surface area contributed by atoms with Gasteiger partial charge in [-0.15, -0.1) is 0 Å². The number of anilines is 2. The first-order valence-electron chi connectivity index (χ1n) is 29.3. The van der Waals surface area contributed by atoms with Crippen LogP contribution < -0.4 is 9.80 Å². The van der Waals surface area contributed by atoms with Crippen molar-refractivity contribution < 1.29 is 0 Å². The van der Waals surface area contributed by atoms with E-state index in [9.17, 15) is 0 Å². The molecule has 0 amide bonds. The van der Waals surface area contributed by atoms with Gasteiger partial charge in [-0.3, -0.25) is 0 Å². The fourth-order valence-corrected chi connectivity index (χ4v) is 11.3. The lowest BCUT2D eigenvalue weighted by Gasteiger charge is -2.26. The molecule has 0 heterocycles. The van der Waals surface area contributed by atoms with E-state index in [1.165, 1.54) is 78.1 Å². The molecule has 12 aromatic rings. The molecule has 2 heteroatoms. The van der Waals surface area contributed by atoms with Crippen LogP contribution in [0.15, 0.2) is 340 Å². The second-order valence-corrected chi connectivity index (χ2v) is 21.8. The van der Waals surface area contributed by atoms with Gasteiger partial charge in [0.05, 0.1) is 0 Å². The van der Waals surface area contributed by atoms with Crippen LogP contribution >= 0.6 is 0 Å². The Morgan fingerprint density at radius 3 is 0.798 bits per heavy atom. The topological polar surface area (TPSA) is 6.48 Å². The molecule has 12 rings (SSSR count). The van der Waals surface area contributed by atoms with Gasteiger partial charge in [-0.2, -0.15) is 0 Å². The minimum atomic E-state index is 0.793. The summed E-state index contributed by atoms with van der Waals surface area (Å²) in [4.78, 5) is 4.96. The molecule has 0 aliphatic carbocycles. The molecule has 2 nitrogen and oxygen atoms in total. The summed E-state index contributed by atoms with van der Waals surface area (Å²) in [5, 5.41) is 0. The minimum absolute atomic E-state index is 0.793. The third-order valence-corrected chi connectivity index (χ3v) is 15.8. The van der Waals surface area contributed by atoms with Crippen LogP contribution in [0.25, 0.3) is 33.4 Å². The molecule has 0 aromatic heterocycles. The lowest BCUT2D eigenvalue weighted by Crippen LogP contribution is -2.22. The van der Waals surface area contributed by atoms with Gasteiger partial charge >= 0.3 is 0 Å². The molecule has 0 spiro atoms. The van der Waals surface area contributed by atoms with Crippen molar-refractivity contribution in [3.8, 4) is 22.3 Å². The summed E-state index contributed by atoms with van der Waals surface area (Å²) in [5.41, 5.74) is 24.2. The number of hydrogen-bond donors (Lipinski definition) is 0. The highest BCUT2D eigenvalue weighted by Gasteiger charge is 2.16. The smallest absolute Gasteiger partial charge is 0.0433 e. The zero-order valence-corrected chi connectivity index (χ0v) is 47.5. The number of nitrogens with zero attached hydrogens (tertiary/aromatic N) is 2. The Morgan fingerprint density at radius 1 is 0.214 bits per heavy atom. The van der Waals surface area contributed by atoms with Crippen molar-refractivity contribution in [3.63, 3.8) is 0 Å². The van der Waals surface area contributed by atoms with Crippen molar-refractivity contribution in [3.05, 3.63) is 406 Å². The van der Waals surface area contributed by atoms with Gasteiger partial charge in [0.15, 0.2) is 0 Å². The largest absolute Gasteiger partial charge is 0.363 e. The van der Waals surface area contributed by atoms with Crippen molar-refractivity contribution in [2.75, 3.05) is 9.80 Å². The maximum absolute atomic E-state index is 2.48. The summed E-state index contributed by atoms with van der Waals surface area (Å²) in [6.07, 6.45) is 6.52. The van der Waals surface area contributed by atoms with E-state index < -0.39 is 0 Å². The highest BCUT2D eigenvalue weighted by atomic mass is 15.1. The Kier molecular flexibility index (Phi) is 17.5. The molecule has 406 valence electrons. The SMILES string of the molecule is C(C=C(c1cccc(-c2ccc(Cc3ccccc3)cc2)c1)c1cccc(-c2ccc(Cc3ccccc3)cc2)c1)=C(c1ccc(N(Cc2ccccc2)Cc2ccccc2)cc1)c1ccc(N(Cc2ccccc2)Cc2ccccc2)cc1. The van der Waals surface area contributed by atoms with Crippen molar-refractivity contribution in [1.82, 2.24) is 0 Å². The van der Waals surface area contributed by atoms with Gasteiger partial charge in [0.1, 0.15) is 0 Å². The van der Waals surface area contributed by atoms with Gasteiger partial charge in [0, 0.05) is 37.6 Å². The van der Waals surface area contributed by atoms with Gasteiger partial charge < -0.3 is 9.80 Å². The second-order valence-electron chi connectivity index (χ2n) is 21.8. The zero-order valence-electron chi connectivity index (χ0n) is 47.5. The molecular weight excluding hydrogens is 1010 g/mol. The molecule has 0 aliphatic heterocycles. The molecule has 84 heavy (non-hydrogen) atoms. The predicted octanol–water partition coefficient (Wildman–Crippen LogP) is 20.2. The van der Waals surface area contributed by atoms with Crippen LogP contribution in [0.3, 0.4) is 0 Å². The van der Waals surface area contributed by atoms with Crippen molar-refractivity contribution >= 4 is 22.5 Å². The average molecular weight is 1080 g/mol. The van der Waals surface area contributed by atoms with Crippen LogP contribution in [-0.4, -0.2) is 0 Å². The lowest BCUT2D eigenvalue weighted by molar-refractivity contribution is 0.800. The van der Waals surface area contributed by atoms with Gasteiger partial charge in [-0.05, 0) is 149 Å². The quantitative estimate of drug-likeness (QED) is 0.0662. The summed E-state index contributed by atoms with van der Waals surface area (Å²) >= 11 is 0. The third-order valence-electron chi connectivity index (χ3n) is 15.8. The normalized spacial score (nSPS) is 10.9. The molecule has 0 aliphatic rings. The monoisotopic (exact) mass is 1080 g/mol. The van der Waals surface area contributed by atoms with E-state index in [0.29, 0.717) is 0 Å². The maximum Gasteiger partial charge on any atom is 0.0433 e. The van der Waals surface area contributed by atoms with Crippen LogP contribution in [0.5, 0.6) is 0 Å². The zero-order chi connectivity index (χ0) is 56.5. The van der Waals surface area contributed by atoms with E-state index in [2.05, 4.69) is 350 Å². The van der Waals surface area contributed by atoms with Gasteiger partial charge in [0.2, 0.25) is 0 Å². The Bertz CT molecular complexity index is 3700. The highest BCUT2D eigenvalue weighted by Crippen LogP contribution is 2.35. The summed E-state index contributed by atoms with van der Waals surface area (Å²) < 4.78 is 0. The Hall–Kier alpha value is -10.3. The Balaban J connectivity index is 0.958. The molecule has 0 saturated carbocycles. The molecule has 0 N–H and O–H groups in total. The fraction of sp³-hybridized carbons (Fsp3) is 0.0732. The molecule has 0 bridgehead atoms. The van der Waals surface area contributed by atoms with E-state index in [0.717, 1.165) is 72.4 Å². The molecule has 0 fully saturated rings. The standard InChI is InChI=1S/C82H68N2/c1-7-21-63(22-8-1)55-65-37-41-71(42-38-65)75-33-19-35-77(57-75)82(78-36-20-34-76(58-78)72-43-39-66(40-44-72)56-64-23-9-2-10-24-64)54-53-81(73-45-49-79(50-46-73)83(59-67-25-11-3-12-26-67)60-68-27-13-4-14-28-68)74-47-51-80(52-48-74)84(61-69-29-15-5-16-30-69)62-70-31-17-6-18-32-70/h1-54,57-58H,55-56,59-62H2. The summed E-state index contributed by atoms with van der Waals surface area (Å²) in [6, 6.07) is 119. The predicted molar refractivity (Wildman–Crippen MR) is 355 cm³/mol. The number of allylic oxidation sites excluding steroid dienone is 2. The summed E-state index contributed by atoms with van der Waals surface area (Å²) in [5.74, 6) is 0. The molecule has 0 saturated heterocycles. The van der Waals surface area contributed by atoms with Crippen LogP contribution in [-0.2, 0) is 39.0 Å². The first-order valence-corrected chi connectivity index (χ1v) is 29.3. The van der Waals surface area contributed by atoms with E-state index in [1.54, 1.807) is 0 Å². The molecule has 0 atom stereocenters. The first-order chi connectivity index (χ1) is 41.6. The van der Waals surface area contributed by atoms with Crippen molar-refractivity contribution in [2.45, 2.75) is 39.0 Å². The van der Waals surface area contributed by atoms with Gasteiger partial charge in [-0.1, -0.05) is 303 Å². The highest BCUT2D eigenvalue weighted by molar-refractivity contribution is 5.89. The molecular formula is C82H68N2. The minimum Gasteiger partial charge on any atom is -0.363 e. The van der Waals surface area contributed by atoms with Crippen LogP contribution in [0.2, 0.25) is 0 Å². The third kappa shape index (κ3) is 14.2. The van der Waals surface area contributed by atoms with E-state index >= 15 is 0 Å². The second kappa shape index (κ2) is 27.0. The Morgan fingerprint density at radius 2 is 0.488 bits per heavy atom. The Labute approximate surface area is 497 Å². The number of hydrogen-bond acceptors (Lipinski definition) is 2. The fourth-order valence-electron chi connectivity index (χ4n) is 11.3. The van der Waals surface area contributed by atoms with Crippen LogP contribution in [0.1, 0.15) is 66.8 Å². The van der Waals surface area contributed by atoms with E-state index in [-0.39, 0.29) is 0 Å². The number of rotatable bonds is 21. The van der Waals surface area contributed by atoms with Gasteiger partial charge in [-0.25, -0.2) is 0 Å². The first kappa shape index (κ1) is 54.3. The van der Waals surface area contributed by atoms with Crippen molar-refractivity contribution in [2.24, 2.45) is 0 Å². The lowest BCUT2D eigenvalue weighted by atomic mass is 9.90. The van der Waals surface area contributed by atoms with Gasteiger partial charge in [0.25, 0.3) is 0 Å². The maximum atomic E-state index is 2.48.